The van der Waals surface area contributed by atoms with Crippen LogP contribution in [0, 0.1) is 5.92 Å². The van der Waals surface area contributed by atoms with Crippen LogP contribution in [-0.4, -0.2) is 62.3 Å². The number of hydrogen-bond donors (Lipinski definition) is 0. The summed E-state index contributed by atoms with van der Waals surface area (Å²) in [6, 6.07) is 0. The summed E-state index contributed by atoms with van der Waals surface area (Å²) in [6.45, 7) is 13.4. The predicted molar refractivity (Wildman–Crippen MR) is 78.0 cm³/mol. The third-order valence-corrected chi connectivity index (χ3v) is 3.50. The molecule has 0 N–H and O–H groups in total. The summed E-state index contributed by atoms with van der Waals surface area (Å²) < 4.78 is 5.91. The van der Waals surface area contributed by atoms with E-state index < -0.39 is 0 Å². The van der Waals surface area contributed by atoms with Gasteiger partial charge in [-0.3, -0.25) is 0 Å². The Bertz CT molecular complexity index is 203. The minimum atomic E-state index is 0.346. The number of ether oxygens (including phenoxy) is 1. The quantitative estimate of drug-likeness (QED) is 0.663. The van der Waals surface area contributed by atoms with Crippen LogP contribution in [0.25, 0.3) is 0 Å². The zero-order valence-corrected chi connectivity index (χ0v) is 12.8. The van der Waals surface area contributed by atoms with Crippen molar-refractivity contribution in [1.82, 2.24) is 9.80 Å². The lowest BCUT2D eigenvalue weighted by Crippen LogP contribution is -2.36. The van der Waals surface area contributed by atoms with Gasteiger partial charge in [-0.1, -0.05) is 20.3 Å². The average molecular weight is 256 g/mol. The first kappa shape index (κ1) is 15.9. The van der Waals surface area contributed by atoms with Gasteiger partial charge in [0.05, 0.1) is 12.7 Å². The van der Waals surface area contributed by atoms with Crippen molar-refractivity contribution in [2.45, 2.75) is 46.1 Å². The van der Waals surface area contributed by atoms with E-state index in [4.69, 9.17) is 4.74 Å². The molecule has 18 heavy (non-hydrogen) atoms. The van der Waals surface area contributed by atoms with Crippen LogP contribution in [0.5, 0.6) is 0 Å². The molecule has 1 fully saturated rings. The van der Waals surface area contributed by atoms with Crippen molar-refractivity contribution in [2.24, 2.45) is 5.92 Å². The molecule has 0 aromatic carbocycles. The van der Waals surface area contributed by atoms with E-state index in [9.17, 15) is 0 Å². The van der Waals surface area contributed by atoms with Gasteiger partial charge < -0.3 is 14.5 Å². The lowest BCUT2D eigenvalue weighted by atomic mass is 10.1. The Labute approximate surface area is 113 Å². The van der Waals surface area contributed by atoms with Gasteiger partial charge in [-0.25, -0.2) is 0 Å². The maximum absolute atomic E-state index is 5.91. The van der Waals surface area contributed by atoms with Crippen molar-refractivity contribution >= 4 is 0 Å². The van der Waals surface area contributed by atoms with E-state index in [2.05, 4.69) is 37.6 Å². The summed E-state index contributed by atoms with van der Waals surface area (Å²) in [6.07, 6.45) is 4.49. The Balaban J connectivity index is 2.03. The van der Waals surface area contributed by atoms with E-state index in [-0.39, 0.29) is 0 Å². The van der Waals surface area contributed by atoms with E-state index in [0.29, 0.717) is 6.10 Å². The van der Waals surface area contributed by atoms with Crippen molar-refractivity contribution < 1.29 is 4.74 Å². The van der Waals surface area contributed by atoms with Crippen molar-refractivity contribution in [3.8, 4) is 0 Å². The number of nitrogens with zero attached hydrogens (tertiary/aromatic N) is 2. The highest BCUT2D eigenvalue weighted by Gasteiger charge is 2.11. The lowest BCUT2D eigenvalue weighted by molar-refractivity contribution is 0.0259. The number of likely N-dealkylation sites (tertiary alicyclic amines) is 1. The molecule has 0 bridgehead atoms. The fourth-order valence-electron chi connectivity index (χ4n) is 2.76. The summed E-state index contributed by atoms with van der Waals surface area (Å²) in [5.41, 5.74) is 0. The van der Waals surface area contributed by atoms with Gasteiger partial charge in [0.1, 0.15) is 0 Å². The van der Waals surface area contributed by atoms with Crippen LogP contribution in [0.15, 0.2) is 0 Å². The smallest absolute Gasteiger partial charge is 0.0674 e. The second-order valence-corrected chi connectivity index (χ2v) is 6.20. The zero-order chi connectivity index (χ0) is 13.4. The van der Waals surface area contributed by atoms with E-state index in [1.165, 1.54) is 32.4 Å². The zero-order valence-electron chi connectivity index (χ0n) is 12.8. The van der Waals surface area contributed by atoms with E-state index >= 15 is 0 Å². The Morgan fingerprint density at radius 1 is 1.06 bits per heavy atom. The fourth-order valence-corrected chi connectivity index (χ4v) is 2.76. The van der Waals surface area contributed by atoms with Gasteiger partial charge in [-0.2, -0.15) is 0 Å². The number of piperidine rings is 1. The van der Waals surface area contributed by atoms with Crippen LogP contribution in [0.4, 0.5) is 0 Å². The lowest BCUT2D eigenvalue weighted by Gasteiger charge is -2.27. The molecule has 1 rings (SSSR count). The molecule has 0 aromatic heterocycles. The maximum Gasteiger partial charge on any atom is 0.0674 e. The summed E-state index contributed by atoms with van der Waals surface area (Å²) in [4.78, 5) is 4.91. The molecule has 3 heteroatoms. The predicted octanol–water partition coefficient (Wildman–Crippen LogP) is 2.47. The maximum atomic E-state index is 5.91. The molecule has 0 amide bonds. The molecule has 1 atom stereocenters. The molecule has 1 heterocycles. The Morgan fingerprint density at radius 2 is 1.72 bits per heavy atom. The molecule has 1 unspecified atom stereocenters. The Hall–Kier alpha value is -0.120. The third-order valence-electron chi connectivity index (χ3n) is 3.50. The first-order valence-corrected chi connectivity index (χ1v) is 7.60. The molecular weight excluding hydrogens is 224 g/mol. The van der Waals surface area contributed by atoms with Crippen molar-refractivity contribution in [3.05, 3.63) is 0 Å². The molecule has 1 aliphatic rings. The topological polar surface area (TPSA) is 15.7 Å². The number of likely N-dealkylation sites (N-methyl/N-ethyl adjacent to an activating group) is 1. The van der Waals surface area contributed by atoms with Crippen LogP contribution < -0.4 is 0 Å². The van der Waals surface area contributed by atoms with Crippen molar-refractivity contribution in [3.63, 3.8) is 0 Å². The molecule has 0 aliphatic carbocycles. The van der Waals surface area contributed by atoms with Crippen molar-refractivity contribution in [1.29, 1.82) is 0 Å². The van der Waals surface area contributed by atoms with E-state index in [0.717, 1.165) is 32.2 Å². The largest absolute Gasteiger partial charge is 0.376 e. The minimum Gasteiger partial charge on any atom is -0.376 e. The fraction of sp³-hybridized carbons (Fsp3) is 1.00. The summed E-state index contributed by atoms with van der Waals surface area (Å²) in [5.74, 6) is 0.732. The van der Waals surface area contributed by atoms with Crippen LogP contribution >= 0.6 is 0 Å². The summed E-state index contributed by atoms with van der Waals surface area (Å²) in [7, 11) is 2.19. The summed E-state index contributed by atoms with van der Waals surface area (Å²) >= 11 is 0. The van der Waals surface area contributed by atoms with Gasteiger partial charge in [0.25, 0.3) is 0 Å². The van der Waals surface area contributed by atoms with Gasteiger partial charge in [0.15, 0.2) is 0 Å². The first-order valence-electron chi connectivity index (χ1n) is 7.60. The average Bonchev–Trinajstić information content (AvgIpc) is 2.29. The minimum absolute atomic E-state index is 0.346. The molecule has 1 saturated heterocycles. The van der Waals surface area contributed by atoms with Gasteiger partial charge in [-0.15, -0.1) is 0 Å². The van der Waals surface area contributed by atoms with E-state index in [1.54, 1.807) is 0 Å². The van der Waals surface area contributed by atoms with Gasteiger partial charge in [0.2, 0.25) is 0 Å². The van der Waals surface area contributed by atoms with Crippen LogP contribution in [0.3, 0.4) is 0 Å². The van der Waals surface area contributed by atoms with Crippen LogP contribution in [-0.2, 0) is 4.74 Å². The molecular formula is C15H32N2O. The Kier molecular flexibility index (Phi) is 7.87. The van der Waals surface area contributed by atoms with E-state index in [1.807, 2.05) is 0 Å². The second kappa shape index (κ2) is 8.89. The monoisotopic (exact) mass is 256 g/mol. The molecule has 3 nitrogen and oxygen atoms in total. The molecule has 0 aromatic rings. The molecule has 0 radical (unpaired) electrons. The SMILES string of the molecule is CC(C)CN(C)CC(C)OCCN1CCCCC1. The Morgan fingerprint density at radius 3 is 2.33 bits per heavy atom. The van der Waals surface area contributed by atoms with Crippen LogP contribution in [0.2, 0.25) is 0 Å². The third kappa shape index (κ3) is 7.34. The van der Waals surface area contributed by atoms with Gasteiger partial charge in [0, 0.05) is 19.6 Å². The van der Waals surface area contributed by atoms with Gasteiger partial charge >= 0.3 is 0 Å². The van der Waals surface area contributed by atoms with Crippen LogP contribution in [0.1, 0.15) is 40.0 Å². The van der Waals surface area contributed by atoms with Gasteiger partial charge in [-0.05, 0) is 45.8 Å². The highest BCUT2D eigenvalue weighted by atomic mass is 16.5. The molecule has 1 aliphatic heterocycles. The highest BCUT2D eigenvalue weighted by molar-refractivity contribution is 4.65. The molecule has 0 spiro atoms. The number of rotatable bonds is 8. The molecule has 0 saturated carbocycles. The standard InChI is InChI=1S/C15H32N2O/c1-14(2)12-16(4)13-15(3)18-11-10-17-8-6-5-7-9-17/h14-15H,5-13H2,1-4H3. The first-order chi connectivity index (χ1) is 8.58. The van der Waals surface area contributed by atoms with Crippen molar-refractivity contribution in [2.75, 3.05) is 46.4 Å². The highest BCUT2D eigenvalue weighted by Crippen LogP contribution is 2.08. The second-order valence-electron chi connectivity index (χ2n) is 6.20. The molecule has 108 valence electrons. The normalized spacial score (nSPS) is 19.7. The summed E-state index contributed by atoms with van der Waals surface area (Å²) in [5, 5.41) is 0. The number of hydrogen-bond acceptors (Lipinski definition) is 3.